The van der Waals surface area contributed by atoms with Crippen molar-refractivity contribution in [3.05, 3.63) is 59.0 Å². The molecule has 34 heavy (non-hydrogen) atoms. The lowest BCUT2D eigenvalue weighted by Crippen LogP contribution is -2.47. The largest absolute Gasteiger partial charge is 0.369 e. The van der Waals surface area contributed by atoms with E-state index in [9.17, 15) is 9.59 Å². The van der Waals surface area contributed by atoms with Gasteiger partial charge < -0.3 is 16.0 Å². The summed E-state index contributed by atoms with van der Waals surface area (Å²) in [5.74, 6) is -0.516. The minimum atomic E-state index is -0.550. The standard InChI is InChI=1S/C25H33N7O2/c1-18-21(19(2)32-25(29-18)22(17-28-32)24(26)34)9-10-23(33)27-11-6-12-30-13-15-31(16-14-30)20-7-4-3-5-8-20/h3-5,7-8,17H,6,9-16H2,1-2H3,(H2,26,34)(H,27,33). The SMILES string of the molecule is Cc1nc2c(C(N)=O)cnn2c(C)c1CCC(=O)NCCCN1CCN(c2ccccc2)CC1. The summed E-state index contributed by atoms with van der Waals surface area (Å²) >= 11 is 0. The number of nitrogens with two attached hydrogens (primary N) is 1. The minimum Gasteiger partial charge on any atom is -0.369 e. The van der Waals surface area contributed by atoms with Crippen molar-refractivity contribution in [3.63, 3.8) is 0 Å². The van der Waals surface area contributed by atoms with Gasteiger partial charge in [-0.05, 0) is 50.9 Å². The number of aromatic nitrogens is 3. The highest BCUT2D eigenvalue weighted by Crippen LogP contribution is 2.18. The first-order chi connectivity index (χ1) is 16.4. The fraction of sp³-hybridized carbons (Fsp3) is 0.440. The van der Waals surface area contributed by atoms with Gasteiger partial charge in [0.05, 0.1) is 6.20 Å². The molecular formula is C25H33N7O2. The predicted octanol–water partition coefficient (Wildman–Crippen LogP) is 1.71. The van der Waals surface area contributed by atoms with E-state index in [1.165, 1.54) is 11.9 Å². The lowest BCUT2D eigenvalue weighted by Gasteiger charge is -2.36. The van der Waals surface area contributed by atoms with Crippen LogP contribution in [0.25, 0.3) is 5.65 Å². The number of carbonyl (C=O) groups is 2. The number of carbonyl (C=O) groups excluding carboxylic acids is 2. The first-order valence-electron chi connectivity index (χ1n) is 11.9. The van der Waals surface area contributed by atoms with Crippen LogP contribution in [0.2, 0.25) is 0 Å². The van der Waals surface area contributed by atoms with Crippen molar-refractivity contribution in [2.24, 2.45) is 5.73 Å². The molecule has 0 spiro atoms. The Balaban J connectivity index is 1.19. The van der Waals surface area contributed by atoms with E-state index in [0.717, 1.165) is 56.1 Å². The first kappa shape index (κ1) is 23.7. The maximum atomic E-state index is 12.4. The highest BCUT2D eigenvalue weighted by atomic mass is 16.1. The third kappa shape index (κ3) is 5.36. The second kappa shape index (κ2) is 10.6. The molecule has 1 fully saturated rings. The van der Waals surface area contributed by atoms with Crippen LogP contribution in [-0.2, 0) is 11.2 Å². The molecule has 9 nitrogen and oxygen atoms in total. The second-order valence-electron chi connectivity index (χ2n) is 8.79. The average Bonchev–Trinajstić information content (AvgIpc) is 3.27. The number of rotatable bonds is 9. The summed E-state index contributed by atoms with van der Waals surface area (Å²) in [4.78, 5) is 33.4. The van der Waals surface area contributed by atoms with Gasteiger partial charge in [0.1, 0.15) is 5.56 Å². The zero-order valence-electron chi connectivity index (χ0n) is 20.0. The molecule has 1 aromatic carbocycles. The highest BCUT2D eigenvalue weighted by molar-refractivity contribution is 5.98. The molecule has 0 aliphatic carbocycles. The molecule has 0 bridgehead atoms. The van der Waals surface area contributed by atoms with Crippen molar-refractivity contribution in [3.8, 4) is 0 Å². The van der Waals surface area contributed by atoms with Gasteiger partial charge in [0.15, 0.2) is 5.65 Å². The molecule has 3 aromatic rings. The van der Waals surface area contributed by atoms with E-state index in [0.29, 0.717) is 30.6 Å². The van der Waals surface area contributed by atoms with Crippen molar-refractivity contribution in [2.45, 2.75) is 33.1 Å². The van der Waals surface area contributed by atoms with E-state index in [1.54, 1.807) is 4.52 Å². The zero-order chi connectivity index (χ0) is 24.1. The number of para-hydroxylation sites is 1. The van der Waals surface area contributed by atoms with Crippen LogP contribution < -0.4 is 16.0 Å². The van der Waals surface area contributed by atoms with Crippen molar-refractivity contribution in [1.29, 1.82) is 0 Å². The Kier molecular flexibility index (Phi) is 7.42. The Hall–Kier alpha value is -3.46. The summed E-state index contributed by atoms with van der Waals surface area (Å²) in [5, 5.41) is 7.28. The monoisotopic (exact) mass is 463 g/mol. The van der Waals surface area contributed by atoms with Crippen LogP contribution in [-0.4, -0.2) is 70.6 Å². The molecule has 0 radical (unpaired) electrons. The number of hydrogen-bond acceptors (Lipinski definition) is 6. The molecule has 4 rings (SSSR count). The van der Waals surface area contributed by atoms with Gasteiger partial charge in [-0.15, -0.1) is 0 Å². The van der Waals surface area contributed by atoms with Gasteiger partial charge in [-0.1, -0.05) is 18.2 Å². The Labute approximate surface area is 199 Å². The summed E-state index contributed by atoms with van der Waals surface area (Å²) in [5.41, 5.74) is 10.1. The van der Waals surface area contributed by atoms with Crippen molar-refractivity contribution >= 4 is 23.1 Å². The quantitative estimate of drug-likeness (QED) is 0.468. The lowest BCUT2D eigenvalue weighted by atomic mass is 10.1. The molecule has 180 valence electrons. The molecule has 3 heterocycles. The maximum absolute atomic E-state index is 12.4. The van der Waals surface area contributed by atoms with Crippen molar-refractivity contribution < 1.29 is 9.59 Å². The third-order valence-corrected chi connectivity index (χ3v) is 6.54. The summed E-state index contributed by atoms with van der Waals surface area (Å²) in [6.07, 6.45) is 3.33. The third-order valence-electron chi connectivity index (χ3n) is 6.54. The first-order valence-corrected chi connectivity index (χ1v) is 11.9. The number of nitrogens with zero attached hydrogens (tertiary/aromatic N) is 5. The summed E-state index contributed by atoms with van der Waals surface area (Å²) < 4.78 is 1.62. The minimum absolute atomic E-state index is 0.0334. The molecule has 0 atom stereocenters. The van der Waals surface area contributed by atoms with E-state index >= 15 is 0 Å². The molecule has 1 saturated heterocycles. The van der Waals surface area contributed by atoms with E-state index in [-0.39, 0.29) is 5.91 Å². The van der Waals surface area contributed by atoms with Gasteiger partial charge in [-0.2, -0.15) is 5.10 Å². The van der Waals surface area contributed by atoms with Crippen LogP contribution in [0.4, 0.5) is 5.69 Å². The van der Waals surface area contributed by atoms with Crippen molar-refractivity contribution in [2.75, 3.05) is 44.2 Å². The van der Waals surface area contributed by atoms with Gasteiger partial charge in [0, 0.05) is 56.2 Å². The van der Waals surface area contributed by atoms with E-state index in [4.69, 9.17) is 5.73 Å². The molecule has 9 heteroatoms. The topological polar surface area (TPSA) is 109 Å². The maximum Gasteiger partial charge on any atom is 0.254 e. The van der Waals surface area contributed by atoms with E-state index in [1.807, 2.05) is 19.9 Å². The lowest BCUT2D eigenvalue weighted by molar-refractivity contribution is -0.121. The smallest absolute Gasteiger partial charge is 0.254 e. The van der Waals surface area contributed by atoms with Crippen LogP contribution in [0.15, 0.2) is 36.5 Å². The molecule has 1 aliphatic heterocycles. The normalized spacial score (nSPS) is 14.5. The van der Waals surface area contributed by atoms with E-state index in [2.05, 4.69) is 49.5 Å². The fourth-order valence-corrected chi connectivity index (χ4v) is 4.57. The summed E-state index contributed by atoms with van der Waals surface area (Å²) in [6, 6.07) is 10.5. The molecule has 2 aromatic heterocycles. The number of benzene rings is 1. The molecular weight excluding hydrogens is 430 g/mol. The van der Waals surface area contributed by atoms with E-state index < -0.39 is 5.91 Å². The fourth-order valence-electron chi connectivity index (χ4n) is 4.57. The molecule has 1 aliphatic rings. The number of nitrogens with one attached hydrogen (secondary N) is 1. The van der Waals surface area contributed by atoms with Gasteiger partial charge in [0.2, 0.25) is 5.91 Å². The number of aryl methyl sites for hydroxylation is 2. The van der Waals surface area contributed by atoms with Gasteiger partial charge in [0.25, 0.3) is 5.91 Å². The highest BCUT2D eigenvalue weighted by Gasteiger charge is 2.18. The Morgan fingerprint density at radius 3 is 2.53 bits per heavy atom. The molecule has 2 amide bonds. The number of amides is 2. The Bertz CT molecular complexity index is 1150. The van der Waals surface area contributed by atoms with Gasteiger partial charge in [-0.25, -0.2) is 9.50 Å². The second-order valence-corrected chi connectivity index (χ2v) is 8.79. The molecule has 0 unspecified atom stereocenters. The predicted molar refractivity (Wildman–Crippen MR) is 132 cm³/mol. The van der Waals surface area contributed by atoms with Crippen LogP contribution in [0.5, 0.6) is 0 Å². The van der Waals surface area contributed by atoms with Crippen LogP contribution in [0, 0.1) is 13.8 Å². The van der Waals surface area contributed by atoms with Crippen LogP contribution in [0.3, 0.4) is 0 Å². The average molecular weight is 464 g/mol. The van der Waals surface area contributed by atoms with Crippen molar-refractivity contribution in [1.82, 2.24) is 24.8 Å². The molecule has 3 N–H and O–H groups in total. The number of piperazine rings is 1. The summed E-state index contributed by atoms with van der Waals surface area (Å²) in [6.45, 7) is 9.62. The number of anilines is 1. The molecule has 0 saturated carbocycles. The zero-order valence-corrected chi connectivity index (χ0v) is 20.0. The Morgan fingerprint density at radius 1 is 1.09 bits per heavy atom. The number of fused-ring (bicyclic) bond motifs is 1. The number of hydrogen-bond donors (Lipinski definition) is 2. The van der Waals surface area contributed by atoms with Crippen LogP contribution in [0.1, 0.15) is 40.2 Å². The van der Waals surface area contributed by atoms with Gasteiger partial charge >= 0.3 is 0 Å². The summed E-state index contributed by atoms with van der Waals surface area (Å²) in [7, 11) is 0. The van der Waals surface area contributed by atoms with Gasteiger partial charge in [-0.3, -0.25) is 14.5 Å². The number of primary amides is 1. The Morgan fingerprint density at radius 2 is 1.82 bits per heavy atom. The van der Waals surface area contributed by atoms with Crippen LogP contribution >= 0.6 is 0 Å².